The second kappa shape index (κ2) is 7.39. The normalized spacial score (nSPS) is 24.0. The van der Waals surface area contributed by atoms with Gasteiger partial charge in [0.25, 0.3) is 0 Å². The second-order valence-electron chi connectivity index (χ2n) is 9.10. The topological polar surface area (TPSA) is 69.0 Å². The molecule has 2 fully saturated rings. The van der Waals surface area contributed by atoms with Crippen molar-refractivity contribution in [1.82, 2.24) is 4.90 Å². The maximum absolute atomic E-state index is 12.6. The molecule has 0 N–H and O–H groups in total. The Morgan fingerprint density at radius 3 is 2.48 bits per heavy atom. The Bertz CT molecular complexity index is 959. The molecule has 6 nitrogen and oxygen atoms in total. The van der Waals surface area contributed by atoms with Gasteiger partial charge in [0, 0.05) is 41.9 Å². The van der Waals surface area contributed by atoms with Crippen molar-refractivity contribution in [1.29, 1.82) is 0 Å². The van der Waals surface area contributed by atoms with Gasteiger partial charge in [-0.3, -0.25) is 0 Å². The summed E-state index contributed by atoms with van der Waals surface area (Å²) in [5.41, 5.74) is 0.438. The maximum Gasteiger partial charge on any atom is 0.410 e. The van der Waals surface area contributed by atoms with E-state index in [0.29, 0.717) is 23.3 Å². The smallest absolute Gasteiger partial charge is 0.410 e. The number of nitrogens with zero attached hydrogens (tertiary/aromatic N) is 1. The lowest BCUT2D eigenvalue weighted by Crippen LogP contribution is -2.50. The summed E-state index contributed by atoms with van der Waals surface area (Å²) < 4.78 is 17.3. The van der Waals surface area contributed by atoms with Gasteiger partial charge < -0.3 is 18.8 Å². The number of benzene rings is 1. The molecule has 0 aliphatic carbocycles. The summed E-state index contributed by atoms with van der Waals surface area (Å²) in [6.07, 6.45) is 3.99. The summed E-state index contributed by atoms with van der Waals surface area (Å²) in [6.45, 7) is 7.62. The van der Waals surface area contributed by atoms with Crippen LogP contribution in [0.2, 0.25) is 0 Å². The summed E-state index contributed by atoms with van der Waals surface area (Å²) >= 11 is 0. The molecule has 2 aromatic rings. The van der Waals surface area contributed by atoms with Crippen LogP contribution in [0.15, 0.2) is 33.5 Å². The third kappa shape index (κ3) is 4.11. The maximum atomic E-state index is 12.6. The largest absolute Gasteiger partial charge is 0.490 e. The van der Waals surface area contributed by atoms with Gasteiger partial charge in [-0.2, -0.15) is 0 Å². The fraction of sp³-hybridized carbons (Fsp3) is 0.565. The monoisotopic (exact) mass is 399 g/mol. The van der Waals surface area contributed by atoms with Crippen molar-refractivity contribution < 1.29 is 18.7 Å². The molecule has 2 bridgehead atoms. The number of carbonyl (C=O) groups excluding carboxylic acids is 1. The molecule has 0 radical (unpaired) electrons. The van der Waals surface area contributed by atoms with Crippen LogP contribution >= 0.6 is 0 Å². The molecule has 0 unspecified atom stereocenters. The Labute approximate surface area is 170 Å². The van der Waals surface area contributed by atoms with E-state index in [9.17, 15) is 9.59 Å². The fourth-order valence-corrected chi connectivity index (χ4v) is 4.48. The molecule has 2 aliphatic rings. The van der Waals surface area contributed by atoms with Crippen molar-refractivity contribution >= 4 is 17.1 Å². The zero-order valence-corrected chi connectivity index (χ0v) is 17.6. The van der Waals surface area contributed by atoms with Crippen LogP contribution < -0.4 is 10.4 Å². The fourth-order valence-electron chi connectivity index (χ4n) is 4.48. The van der Waals surface area contributed by atoms with Crippen LogP contribution in [0.4, 0.5) is 4.79 Å². The Morgan fingerprint density at radius 1 is 1.17 bits per heavy atom. The number of piperidine rings is 1. The van der Waals surface area contributed by atoms with Crippen molar-refractivity contribution in [2.24, 2.45) is 0 Å². The van der Waals surface area contributed by atoms with E-state index < -0.39 is 5.60 Å². The van der Waals surface area contributed by atoms with E-state index in [0.717, 1.165) is 31.1 Å². The van der Waals surface area contributed by atoms with Gasteiger partial charge in [-0.05, 0) is 58.2 Å². The van der Waals surface area contributed by atoms with E-state index in [1.54, 1.807) is 6.07 Å². The predicted octanol–water partition coefficient (Wildman–Crippen LogP) is 4.66. The SMILES string of the molecule is CCc1cc2ccc(O[C@@H]3C[C@H]4CC[C@@H](C3)N4C(=O)OC(C)(C)C)cc2oc1=O. The standard InChI is InChI=1S/C23H29NO5/c1-5-14-10-15-6-9-18(13-20(15)28-21(14)25)27-19-11-16-7-8-17(12-19)24(16)22(26)29-23(2,3)4/h6,9-10,13,16-17,19H,5,7-8,11-12H2,1-4H3/t16-,17+,19-. The molecule has 0 saturated carbocycles. The van der Waals surface area contributed by atoms with Gasteiger partial charge in [-0.1, -0.05) is 6.92 Å². The Balaban J connectivity index is 1.47. The lowest BCUT2D eigenvalue weighted by molar-refractivity contribution is -0.00706. The van der Waals surface area contributed by atoms with Crippen LogP contribution in [0.1, 0.15) is 58.9 Å². The number of aryl methyl sites for hydroxylation is 1. The van der Waals surface area contributed by atoms with Crippen molar-refractivity contribution in [3.05, 3.63) is 40.2 Å². The van der Waals surface area contributed by atoms with E-state index in [4.69, 9.17) is 13.9 Å². The number of amides is 1. The number of rotatable bonds is 3. The first-order valence-electron chi connectivity index (χ1n) is 10.5. The Morgan fingerprint density at radius 2 is 1.86 bits per heavy atom. The minimum Gasteiger partial charge on any atom is -0.490 e. The van der Waals surface area contributed by atoms with Crippen LogP contribution in [0.5, 0.6) is 5.75 Å². The molecule has 6 heteroatoms. The number of carbonyl (C=O) groups is 1. The molecule has 3 atom stereocenters. The Kier molecular flexibility index (Phi) is 5.05. The van der Waals surface area contributed by atoms with E-state index in [2.05, 4.69) is 0 Å². The van der Waals surface area contributed by atoms with E-state index in [1.165, 1.54) is 0 Å². The first-order chi connectivity index (χ1) is 13.7. The number of hydrogen-bond acceptors (Lipinski definition) is 5. The number of hydrogen-bond donors (Lipinski definition) is 0. The summed E-state index contributed by atoms with van der Waals surface area (Å²) in [5, 5.41) is 0.897. The first kappa shape index (κ1) is 19.8. The third-order valence-corrected chi connectivity index (χ3v) is 5.76. The molecule has 3 heterocycles. The van der Waals surface area contributed by atoms with Crippen molar-refractivity contribution in [2.75, 3.05) is 0 Å². The van der Waals surface area contributed by atoms with Gasteiger partial charge in [-0.15, -0.1) is 0 Å². The molecule has 1 amide bonds. The average Bonchev–Trinajstić information content (AvgIpc) is 2.91. The molecule has 29 heavy (non-hydrogen) atoms. The lowest BCUT2D eigenvalue weighted by Gasteiger charge is -2.39. The molecule has 156 valence electrons. The van der Waals surface area contributed by atoms with Gasteiger partial charge >= 0.3 is 11.7 Å². The van der Waals surface area contributed by atoms with Crippen molar-refractivity contribution in [2.45, 2.75) is 83.6 Å². The van der Waals surface area contributed by atoms with Crippen molar-refractivity contribution in [3.8, 4) is 5.75 Å². The lowest BCUT2D eigenvalue weighted by atomic mass is 10.00. The van der Waals surface area contributed by atoms with E-state index in [-0.39, 0.29) is 29.9 Å². The predicted molar refractivity (Wildman–Crippen MR) is 110 cm³/mol. The first-order valence-corrected chi connectivity index (χ1v) is 10.5. The molecule has 2 saturated heterocycles. The number of fused-ring (bicyclic) bond motifs is 3. The molecule has 0 spiro atoms. The van der Waals surface area contributed by atoms with Gasteiger partial charge in [0.05, 0.1) is 0 Å². The average molecular weight is 399 g/mol. The molecular formula is C23H29NO5. The van der Waals surface area contributed by atoms with Gasteiger partial charge in [0.15, 0.2) is 0 Å². The summed E-state index contributed by atoms with van der Waals surface area (Å²) in [5.74, 6) is 0.694. The van der Waals surface area contributed by atoms with E-state index >= 15 is 0 Å². The van der Waals surface area contributed by atoms with Gasteiger partial charge in [0.2, 0.25) is 0 Å². The molecule has 2 aliphatic heterocycles. The minimum atomic E-state index is -0.490. The Hall–Kier alpha value is -2.50. The molecule has 1 aromatic carbocycles. The summed E-state index contributed by atoms with van der Waals surface area (Å²) in [7, 11) is 0. The van der Waals surface area contributed by atoms with Gasteiger partial charge in [0.1, 0.15) is 23.0 Å². The van der Waals surface area contributed by atoms with Crippen LogP contribution in [0.3, 0.4) is 0 Å². The summed E-state index contributed by atoms with van der Waals surface area (Å²) in [4.78, 5) is 26.5. The van der Waals surface area contributed by atoms with Crippen LogP contribution in [-0.2, 0) is 11.2 Å². The third-order valence-electron chi connectivity index (χ3n) is 5.76. The summed E-state index contributed by atoms with van der Waals surface area (Å²) in [6, 6.07) is 7.82. The highest BCUT2D eigenvalue weighted by molar-refractivity contribution is 5.78. The van der Waals surface area contributed by atoms with Crippen LogP contribution in [0, 0.1) is 0 Å². The highest BCUT2D eigenvalue weighted by atomic mass is 16.6. The molecule has 4 rings (SSSR count). The minimum absolute atomic E-state index is 0.0327. The quantitative estimate of drug-likeness (QED) is 0.702. The van der Waals surface area contributed by atoms with Crippen LogP contribution in [0.25, 0.3) is 11.0 Å². The van der Waals surface area contributed by atoms with Crippen molar-refractivity contribution in [3.63, 3.8) is 0 Å². The highest BCUT2D eigenvalue weighted by Gasteiger charge is 2.45. The molecule has 1 aromatic heterocycles. The van der Waals surface area contributed by atoms with Crippen LogP contribution in [-0.4, -0.2) is 34.8 Å². The molecular weight excluding hydrogens is 370 g/mol. The number of ether oxygens (including phenoxy) is 2. The zero-order chi connectivity index (χ0) is 20.8. The van der Waals surface area contributed by atoms with E-state index in [1.807, 2.05) is 50.8 Å². The highest BCUT2D eigenvalue weighted by Crippen LogP contribution is 2.38. The van der Waals surface area contributed by atoms with Gasteiger partial charge in [-0.25, -0.2) is 9.59 Å². The zero-order valence-electron chi connectivity index (χ0n) is 17.6. The second-order valence-corrected chi connectivity index (χ2v) is 9.10.